The quantitative estimate of drug-likeness (QED) is 0.741. The van der Waals surface area contributed by atoms with Gasteiger partial charge in [-0.25, -0.2) is 15.0 Å². The standard InChI is InChI=1S/C15H23N3O3S/c1-20-11-9-17(10-11)18-7-3-4-13(18)15-16-8-12(22-15)5-6-14(19)21-2/h8,11,13H,3-7,9-10H2,1-2H3/t13-/m0/s1. The molecule has 3 rings (SSSR count). The van der Waals surface area contributed by atoms with Crippen LogP contribution in [0.2, 0.25) is 0 Å². The average molecular weight is 325 g/mol. The van der Waals surface area contributed by atoms with Gasteiger partial charge in [-0.2, -0.15) is 0 Å². The van der Waals surface area contributed by atoms with Crippen molar-refractivity contribution >= 4 is 17.3 Å². The molecule has 122 valence electrons. The van der Waals surface area contributed by atoms with Gasteiger partial charge in [-0.1, -0.05) is 0 Å². The number of hydrogen-bond acceptors (Lipinski definition) is 7. The molecule has 2 aliphatic rings. The first-order valence-corrected chi connectivity index (χ1v) is 8.58. The number of aromatic nitrogens is 1. The molecule has 0 bridgehead atoms. The van der Waals surface area contributed by atoms with Crippen LogP contribution in [0.25, 0.3) is 0 Å². The van der Waals surface area contributed by atoms with Crippen LogP contribution in [0.5, 0.6) is 0 Å². The van der Waals surface area contributed by atoms with E-state index >= 15 is 0 Å². The Hall–Kier alpha value is -1.02. The third-order valence-corrected chi connectivity index (χ3v) is 5.57. The van der Waals surface area contributed by atoms with Crippen molar-refractivity contribution in [1.29, 1.82) is 0 Å². The fourth-order valence-corrected chi connectivity index (χ4v) is 4.10. The Balaban J connectivity index is 1.58. The molecule has 22 heavy (non-hydrogen) atoms. The van der Waals surface area contributed by atoms with E-state index < -0.39 is 0 Å². The van der Waals surface area contributed by atoms with E-state index in [-0.39, 0.29) is 5.97 Å². The van der Waals surface area contributed by atoms with E-state index in [1.807, 2.05) is 6.20 Å². The van der Waals surface area contributed by atoms with E-state index in [0.717, 1.165) is 30.9 Å². The number of ether oxygens (including phenoxy) is 2. The number of nitrogens with zero attached hydrogens (tertiary/aromatic N) is 3. The molecule has 6 nitrogen and oxygen atoms in total. The fourth-order valence-electron chi connectivity index (χ4n) is 3.04. The maximum absolute atomic E-state index is 11.2. The zero-order valence-electron chi connectivity index (χ0n) is 13.2. The topological polar surface area (TPSA) is 54.9 Å². The van der Waals surface area contributed by atoms with Gasteiger partial charge < -0.3 is 9.47 Å². The number of aryl methyl sites for hydroxylation is 1. The van der Waals surface area contributed by atoms with Crippen LogP contribution in [0.4, 0.5) is 0 Å². The summed E-state index contributed by atoms with van der Waals surface area (Å²) in [5.41, 5.74) is 0. The van der Waals surface area contributed by atoms with Gasteiger partial charge in [-0.15, -0.1) is 11.3 Å². The lowest BCUT2D eigenvalue weighted by atomic mass is 10.2. The Morgan fingerprint density at radius 2 is 2.27 bits per heavy atom. The number of carbonyl (C=O) groups is 1. The number of hydrazine groups is 1. The van der Waals surface area contributed by atoms with E-state index in [1.165, 1.54) is 18.5 Å². The van der Waals surface area contributed by atoms with Crippen LogP contribution in [0, 0.1) is 0 Å². The second-order valence-corrected chi connectivity index (χ2v) is 6.94. The minimum absolute atomic E-state index is 0.163. The molecule has 2 saturated heterocycles. The van der Waals surface area contributed by atoms with Crippen molar-refractivity contribution < 1.29 is 14.3 Å². The van der Waals surface area contributed by atoms with Gasteiger partial charge in [0, 0.05) is 37.8 Å². The van der Waals surface area contributed by atoms with Crippen molar-refractivity contribution in [2.24, 2.45) is 0 Å². The van der Waals surface area contributed by atoms with Gasteiger partial charge in [-0.3, -0.25) is 4.79 Å². The normalized spacial score (nSPS) is 23.6. The van der Waals surface area contributed by atoms with E-state index in [4.69, 9.17) is 4.74 Å². The van der Waals surface area contributed by atoms with Crippen LogP contribution in [0.3, 0.4) is 0 Å². The number of carbonyl (C=O) groups excluding carboxylic acids is 1. The smallest absolute Gasteiger partial charge is 0.305 e. The molecule has 0 unspecified atom stereocenters. The monoisotopic (exact) mass is 325 g/mol. The van der Waals surface area contributed by atoms with Crippen molar-refractivity contribution in [3.05, 3.63) is 16.1 Å². The molecule has 7 heteroatoms. The van der Waals surface area contributed by atoms with Gasteiger partial charge >= 0.3 is 5.97 Å². The van der Waals surface area contributed by atoms with E-state index in [9.17, 15) is 4.79 Å². The summed E-state index contributed by atoms with van der Waals surface area (Å²) in [5.74, 6) is -0.163. The molecule has 0 spiro atoms. The second kappa shape index (κ2) is 7.04. The lowest BCUT2D eigenvalue weighted by molar-refractivity contribution is -0.154. The summed E-state index contributed by atoms with van der Waals surface area (Å²) in [6.07, 6.45) is 5.77. The van der Waals surface area contributed by atoms with Crippen molar-refractivity contribution in [2.45, 2.75) is 37.8 Å². The van der Waals surface area contributed by atoms with Crippen LogP contribution in [-0.2, 0) is 20.7 Å². The molecular weight excluding hydrogens is 302 g/mol. The third kappa shape index (κ3) is 3.32. The van der Waals surface area contributed by atoms with Crippen molar-refractivity contribution in [3.63, 3.8) is 0 Å². The maximum atomic E-state index is 11.2. The van der Waals surface area contributed by atoms with Gasteiger partial charge in [0.15, 0.2) is 0 Å². The molecule has 0 radical (unpaired) electrons. The minimum atomic E-state index is -0.163. The highest BCUT2D eigenvalue weighted by molar-refractivity contribution is 7.11. The molecule has 0 aromatic carbocycles. The lowest BCUT2D eigenvalue weighted by Crippen LogP contribution is -2.59. The predicted octanol–water partition coefficient (Wildman–Crippen LogP) is 1.63. The Bertz CT molecular complexity index is 516. The van der Waals surface area contributed by atoms with Gasteiger partial charge in [0.25, 0.3) is 0 Å². The van der Waals surface area contributed by atoms with Crippen LogP contribution < -0.4 is 0 Å². The predicted molar refractivity (Wildman–Crippen MR) is 83.5 cm³/mol. The van der Waals surface area contributed by atoms with Crippen molar-refractivity contribution in [1.82, 2.24) is 15.0 Å². The van der Waals surface area contributed by atoms with Gasteiger partial charge in [-0.05, 0) is 19.3 Å². The van der Waals surface area contributed by atoms with Crippen LogP contribution in [-0.4, -0.2) is 60.9 Å². The molecule has 3 heterocycles. The fraction of sp³-hybridized carbons (Fsp3) is 0.733. The molecular formula is C15H23N3O3S. The number of thiazole rings is 1. The maximum Gasteiger partial charge on any atom is 0.305 e. The Labute approximate surface area is 135 Å². The zero-order chi connectivity index (χ0) is 15.5. The molecule has 0 aliphatic carbocycles. The summed E-state index contributed by atoms with van der Waals surface area (Å²) in [7, 11) is 3.20. The average Bonchev–Trinajstić information content (AvgIpc) is 3.12. The summed E-state index contributed by atoms with van der Waals surface area (Å²) in [6.45, 7) is 3.05. The summed E-state index contributed by atoms with van der Waals surface area (Å²) in [5, 5.41) is 5.98. The lowest BCUT2D eigenvalue weighted by Gasteiger charge is -2.45. The van der Waals surface area contributed by atoms with Crippen molar-refractivity contribution in [3.8, 4) is 0 Å². The highest BCUT2D eigenvalue weighted by Crippen LogP contribution is 2.37. The van der Waals surface area contributed by atoms with E-state index in [2.05, 4.69) is 19.7 Å². The first-order chi connectivity index (χ1) is 10.7. The molecule has 1 aromatic heterocycles. The number of hydrogen-bond donors (Lipinski definition) is 0. The van der Waals surface area contributed by atoms with Crippen molar-refractivity contribution in [2.75, 3.05) is 33.9 Å². The van der Waals surface area contributed by atoms with Gasteiger partial charge in [0.1, 0.15) is 5.01 Å². The Morgan fingerprint density at radius 3 is 3.00 bits per heavy atom. The second-order valence-electron chi connectivity index (χ2n) is 5.79. The molecule has 0 N–H and O–H groups in total. The number of esters is 1. The van der Waals surface area contributed by atoms with Crippen LogP contribution in [0.1, 0.15) is 35.2 Å². The highest BCUT2D eigenvalue weighted by atomic mass is 32.1. The molecule has 1 aromatic rings. The van der Waals surface area contributed by atoms with Crippen LogP contribution >= 0.6 is 11.3 Å². The zero-order valence-corrected chi connectivity index (χ0v) is 14.0. The van der Waals surface area contributed by atoms with Gasteiger partial charge in [0.2, 0.25) is 0 Å². The summed E-state index contributed by atoms with van der Waals surface area (Å²) in [4.78, 5) is 17.0. The number of methoxy groups -OCH3 is 2. The summed E-state index contributed by atoms with van der Waals surface area (Å²) < 4.78 is 10.0. The molecule has 0 amide bonds. The Morgan fingerprint density at radius 1 is 1.45 bits per heavy atom. The molecule has 0 saturated carbocycles. The third-order valence-electron chi connectivity index (χ3n) is 4.41. The summed E-state index contributed by atoms with van der Waals surface area (Å²) >= 11 is 1.73. The largest absolute Gasteiger partial charge is 0.469 e. The highest BCUT2D eigenvalue weighted by Gasteiger charge is 2.38. The van der Waals surface area contributed by atoms with E-state index in [1.54, 1.807) is 18.4 Å². The molecule has 1 atom stereocenters. The minimum Gasteiger partial charge on any atom is -0.469 e. The van der Waals surface area contributed by atoms with Gasteiger partial charge in [0.05, 0.1) is 25.7 Å². The first kappa shape index (κ1) is 15.9. The van der Waals surface area contributed by atoms with Crippen LogP contribution in [0.15, 0.2) is 6.20 Å². The molecule has 2 aliphatic heterocycles. The first-order valence-electron chi connectivity index (χ1n) is 7.77. The molecule has 2 fully saturated rings. The number of rotatable bonds is 6. The summed E-state index contributed by atoms with van der Waals surface area (Å²) in [6, 6.07) is 0.384. The van der Waals surface area contributed by atoms with E-state index in [0.29, 0.717) is 25.0 Å². The SMILES string of the molecule is COC(=O)CCc1cnc([C@@H]2CCCN2N2CC(OC)C2)s1. The Kier molecular flexibility index (Phi) is 5.07.